The molecule has 2 heterocycles. The molecule has 0 bridgehead atoms. The first-order valence-electron chi connectivity index (χ1n) is 8.99. The van der Waals surface area contributed by atoms with Crippen LogP contribution < -0.4 is 9.64 Å². The minimum atomic E-state index is -0.203. The Balaban J connectivity index is 1.60. The molecule has 1 N–H and O–H groups in total. The van der Waals surface area contributed by atoms with Gasteiger partial charge in [0.1, 0.15) is 17.7 Å². The van der Waals surface area contributed by atoms with Crippen LogP contribution in [0.25, 0.3) is 10.9 Å². The summed E-state index contributed by atoms with van der Waals surface area (Å²) in [6, 6.07) is 10.7. The van der Waals surface area contributed by atoms with Gasteiger partial charge in [0.15, 0.2) is 0 Å². The van der Waals surface area contributed by atoms with Crippen LogP contribution in [0, 0.1) is 5.82 Å². The van der Waals surface area contributed by atoms with Gasteiger partial charge in [0.25, 0.3) is 0 Å². The van der Waals surface area contributed by atoms with Crippen molar-refractivity contribution >= 4 is 28.2 Å². The standard InChI is InChI=1S/C21H22ClFN2O/c1-3-13(18-11-24-19-6-5-15(23)10-17(18)19)8-16-12-25(2)20-7-4-14(22)9-21(20)26-16/h4-7,9-11,13,16,24H,3,8,12H2,1-2H3. The van der Waals surface area contributed by atoms with E-state index in [4.69, 9.17) is 16.3 Å². The summed E-state index contributed by atoms with van der Waals surface area (Å²) in [6.07, 6.45) is 3.91. The van der Waals surface area contributed by atoms with E-state index in [9.17, 15) is 4.39 Å². The smallest absolute Gasteiger partial charge is 0.144 e. The highest BCUT2D eigenvalue weighted by Crippen LogP contribution is 2.38. The molecule has 4 rings (SSSR count). The van der Waals surface area contributed by atoms with E-state index in [1.54, 1.807) is 12.1 Å². The minimum Gasteiger partial charge on any atom is -0.486 e. The second-order valence-corrected chi connectivity index (χ2v) is 7.44. The van der Waals surface area contributed by atoms with Crippen molar-refractivity contribution in [1.82, 2.24) is 4.98 Å². The zero-order chi connectivity index (χ0) is 18.3. The quantitative estimate of drug-likeness (QED) is 0.632. The van der Waals surface area contributed by atoms with Gasteiger partial charge >= 0.3 is 0 Å². The van der Waals surface area contributed by atoms with Crippen molar-refractivity contribution in [3.05, 3.63) is 59.0 Å². The lowest BCUT2D eigenvalue weighted by Crippen LogP contribution is -2.38. The summed E-state index contributed by atoms with van der Waals surface area (Å²) in [7, 11) is 2.07. The fourth-order valence-electron chi connectivity index (χ4n) is 3.92. The third-order valence-corrected chi connectivity index (χ3v) is 5.50. The number of nitrogens with zero attached hydrogens (tertiary/aromatic N) is 1. The Morgan fingerprint density at radius 1 is 1.31 bits per heavy atom. The molecule has 0 fully saturated rings. The molecule has 5 heteroatoms. The number of ether oxygens (including phenoxy) is 1. The van der Waals surface area contributed by atoms with Crippen LogP contribution >= 0.6 is 11.6 Å². The van der Waals surface area contributed by atoms with Crippen molar-refractivity contribution in [2.75, 3.05) is 18.5 Å². The number of rotatable bonds is 4. The first-order chi connectivity index (χ1) is 12.5. The van der Waals surface area contributed by atoms with E-state index in [0.29, 0.717) is 10.9 Å². The molecular weight excluding hydrogens is 351 g/mol. The number of hydrogen-bond acceptors (Lipinski definition) is 2. The minimum absolute atomic E-state index is 0.0643. The maximum Gasteiger partial charge on any atom is 0.144 e. The average Bonchev–Trinajstić information content (AvgIpc) is 3.02. The molecule has 2 unspecified atom stereocenters. The Morgan fingerprint density at radius 3 is 2.96 bits per heavy atom. The molecule has 2 atom stereocenters. The number of anilines is 1. The van der Waals surface area contributed by atoms with Gasteiger partial charge in [-0.2, -0.15) is 0 Å². The van der Waals surface area contributed by atoms with Crippen LogP contribution in [-0.4, -0.2) is 24.7 Å². The predicted octanol–water partition coefficient (Wildman–Crippen LogP) is 5.74. The summed E-state index contributed by atoms with van der Waals surface area (Å²) < 4.78 is 20.0. The van der Waals surface area contributed by atoms with Crippen LogP contribution in [0.15, 0.2) is 42.6 Å². The van der Waals surface area contributed by atoms with Crippen molar-refractivity contribution < 1.29 is 9.13 Å². The molecule has 0 spiro atoms. The Labute approximate surface area is 157 Å². The van der Waals surface area contributed by atoms with E-state index >= 15 is 0 Å². The van der Waals surface area contributed by atoms with Crippen molar-refractivity contribution in [2.24, 2.45) is 0 Å². The summed E-state index contributed by atoms with van der Waals surface area (Å²) in [5.41, 5.74) is 3.19. The van der Waals surface area contributed by atoms with Crippen LogP contribution in [0.5, 0.6) is 5.75 Å². The zero-order valence-electron chi connectivity index (χ0n) is 14.9. The van der Waals surface area contributed by atoms with Gasteiger partial charge in [-0.25, -0.2) is 4.39 Å². The van der Waals surface area contributed by atoms with Crippen molar-refractivity contribution in [1.29, 1.82) is 0 Å². The maximum atomic E-state index is 13.7. The third kappa shape index (κ3) is 3.14. The van der Waals surface area contributed by atoms with Crippen LogP contribution in [0.4, 0.5) is 10.1 Å². The van der Waals surface area contributed by atoms with Crippen molar-refractivity contribution in [3.63, 3.8) is 0 Å². The van der Waals surface area contributed by atoms with E-state index in [-0.39, 0.29) is 11.9 Å². The van der Waals surface area contributed by atoms with Gasteiger partial charge < -0.3 is 14.6 Å². The number of halogens is 2. The van der Waals surface area contributed by atoms with E-state index in [0.717, 1.165) is 47.3 Å². The van der Waals surface area contributed by atoms with Gasteiger partial charge in [-0.05, 0) is 54.7 Å². The molecule has 136 valence electrons. The van der Waals surface area contributed by atoms with E-state index < -0.39 is 0 Å². The molecule has 2 aromatic carbocycles. The van der Waals surface area contributed by atoms with Crippen molar-refractivity contribution in [3.8, 4) is 5.75 Å². The monoisotopic (exact) mass is 372 g/mol. The SMILES string of the molecule is CCC(CC1CN(C)c2ccc(Cl)cc2O1)c1c[nH]c2ccc(F)cc12. The lowest BCUT2D eigenvalue weighted by atomic mass is 9.90. The summed E-state index contributed by atoms with van der Waals surface area (Å²) in [5.74, 6) is 0.922. The van der Waals surface area contributed by atoms with E-state index in [2.05, 4.69) is 23.9 Å². The van der Waals surface area contributed by atoms with Crippen LogP contribution in [0.1, 0.15) is 31.2 Å². The van der Waals surface area contributed by atoms with Gasteiger partial charge in [-0.15, -0.1) is 0 Å². The van der Waals surface area contributed by atoms with Gasteiger partial charge in [-0.1, -0.05) is 18.5 Å². The molecule has 1 aliphatic heterocycles. The number of nitrogens with one attached hydrogen (secondary N) is 1. The summed E-state index contributed by atoms with van der Waals surface area (Å²) in [5, 5.41) is 1.64. The van der Waals surface area contributed by atoms with E-state index in [1.807, 2.05) is 24.4 Å². The van der Waals surface area contributed by atoms with Crippen molar-refractivity contribution in [2.45, 2.75) is 31.8 Å². The Bertz CT molecular complexity index is 939. The van der Waals surface area contributed by atoms with Crippen LogP contribution in [0.3, 0.4) is 0 Å². The number of aromatic nitrogens is 1. The molecule has 3 aromatic rings. The molecule has 0 aliphatic carbocycles. The fourth-order valence-corrected chi connectivity index (χ4v) is 4.09. The first-order valence-corrected chi connectivity index (χ1v) is 9.36. The summed E-state index contributed by atoms with van der Waals surface area (Å²) in [4.78, 5) is 5.47. The predicted molar refractivity (Wildman–Crippen MR) is 105 cm³/mol. The fraction of sp³-hybridized carbons (Fsp3) is 0.333. The highest BCUT2D eigenvalue weighted by Gasteiger charge is 2.27. The number of likely N-dealkylation sites (N-methyl/N-ethyl adjacent to an activating group) is 1. The lowest BCUT2D eigenvalue weighted by Gasteiger charge is -2.35. The van der Waals surface area contributed by atoms with Crippen LogP contribution in [-0.2, 0) is 0 Å². The molecule has 0 saturated heterocycles. The number of hydrogen-bond donors (Lipinski definition) is 1. The van der Waals surface area contributed by atoms with Gasteiger partial charge in [0.05, 0.1) is 12.2 Å². The first kappa shape index (κ1) is 17.2. The summed E-state index contributed by atoms with van der Waals surface area (Å²) >= 11 is 6.13. The largest absolute Gasteiger partial charge is 0.486 e. The van der Waals surface area contributed by atoms with E-state index in [1.165, 1.54) is 6.07 Å². The molecule has 0 amide bonds. The molecular formula is C21H22ClFN2O. The highest BCUT2D eigenvalue weighted by atomic mass is 35.5. The molecule has 1 aromatic heterocycles. The normalized spacial score (nSPS) is 17.8. The van der Waals surface area contributed by atoms with Gasteiger partial charge in [0.2, 0.25) is 0 Å². The third-order valence-electron chi connectivity index (χ3n) is 5.26. The molecule has 0 radical (unpaired) electrons. The Morgan fingerprint density at radius 2 is 2.15 bits per heavy atom. The lowest BCUT2D eigenvalue weighted by molar-refractivity contribution is 0.175. The second-order valence-electron chi connectivity index (χ2n) is 7.01. The highest BCUT2D eigenvalue weighted by molar-refractivity contribution is 6.30. The molecule has 26 heavy (non-hydrogen) atoms. The summed E-state index contributed by atoms with van der Waals surface area (Å²) in [6.45, 7) is 2.99. The zero-order valence-corrected chi connectivity index (χ0v) is 15.7. The second kappa shape index (κ2) is 6.84. The Kier molecular flexibility index (Phi) is 4.53. The molecule has 3 nitrogen and oxygen atoms in total. The average molecular weight is 373 g/mol. The number of H-pyrrole nitrogens is 1. The van der Waals surface area contributed by atoms with Crippen LogP contribution in [0.2, 0.25) is 5.02 Å². The molecule has 1 aliphatic rings. The molecule has 0 saturated carbocycles. The van der Waals surface area contributed by atoms with Gasteiger partial charge in [0, 0.05) is 35.2 Å². The maximum absolute atomic E-state index is 13.7. The number of fused-ring (bicyclic) bond motifs is 2. The number of benzene rings is 2. The Hall–Kier alpha value is -2.20. The van der Waals surface area contributed by atoms with Gasteiger partial charge in [-0.3, -0.25) is 0 Å². The number of aromatic amines is 1. The topological polar surface area (TPSA) is 28.3 Å².